The molecule has 2 aromatic heterocycles. The van der Waals surface area contributed by atoms with E-state index in [9.17, 15) is 4.79 Å². The predicted octanol–water partition coefficient (Wildman–Crippen LogP) is 3.54. The lowest BCUT2D eigenvalue weighted by atomic mass is 10.2. The third-order valence-corrected chi connectivity index (χ3v) is 5.20. The summed E-state index contributed by atoms with van der Waals surface area (Å²) in [5.41, 5.74) is 0.741. The van der Waals surface area contributed by atoms with Gasteiger partial charge >= 0.3 is 0 Å². The Morgan fingerprint density at radius 2 is 1.90 bits per heavy atom. The van der Waals surface area contributed by atoms with Gasteiger partial charge in [0.25, 0.3) is 5.91 Å². The molecule has 0 radical (unpaired) electrons. The zero-order valence-corrected chi connectivity index (χ0v) is 17.5. The molecular formula is C19H16ClN5O4S. The number of anilines is 1. The predicted molar refractivity (Wildman–Crippen MR) is 113 cm³/mol. The first-order valence-electron chi connectivity index (χ1n) is 8.71. The minimum absolute atomic E-state index is 0.202. The minimum Gasteiger partial charge on any atom is -0.493 e. The van der Waals surface area contributed by atoms with E-state index in [4.69, 9.17) is 25.8 Å². The number of carbonyl (C=O) groups is 1. The molecule has 1 N–H and O–H groups in total. The van der Waals surface area contributed by atoms with Crippen LogP contribution in [-0.2, 0) is 4.79 Å². The standard InChI is InChI=1S/C19H16ClN5O4S/c1-27-14-8-7-11(9-15(14)28-2)17-22-23-19-25(17)24-18(30-19)21-16(26)10-29-13-6-4-3-5-12(13)20/h3-9H,10H2,1-2H3,(H,21,24,26). The molecular weight excluding hydrogens is 430 g/mol. The van der Waals surface area contributed by atoms with Gasteiger partial charge in [0, 0.05) is 5.56 Å². The second-order valence-corrected chi connectivity index (χ2v) is 7.33. The van der Waals surface area contributed by atoms with Crippen molar-refractivity contribution < 1.29 is 19.0 Å². The van der Waals surface area contributed by atoms with E-state index in [1.165, 1.54) is 11.3 Å². The highest BCUT2D eigenvalue weighted by atomic mass is 35.5. The topological polar surface area (TPSA) is 99.9 Å². The van der Waals surface area contributed by atoms with Gasteiger partial charge in [-0.2, -0.15) is 4.52 Å². The van der Waals surface area contributed by atoms with Crippen LogP contribution in [0.1, 0.15) is 0 Å². The number of hydrogen-bond acceptors (Lipinski definition) is 8. The quantitative estimate of drug-likeness (QED) is 0.464. The molecule has 0 atom stereocenters. The van der Waals surface area contributed by atoms with Crippen LogP contribution in [0.5, 0.6) is 17.2 Å². The molecule has 0 bridgehead atoms. The van der Waals surface area contributed by atoms with Gasteiger partial charge in [0.1, 0.15) is 5.75 Å². The number of ether oxygens (including phenoxy) is 3. The summed E-state index contributed by atoms with van der Waals surface area (Å²) in [5, 5.41) is 16.2. The second kappa shape index (κ2) is 8.56. The van der Waals surface area contributed by atoms with Crippen molar-refractivity contribution in [1.82, 2.24) is 19.8 Å². The van der Waals surface area contributed by atoms with Crippen LogP contribution in [0.15, 0.2) is 42.5 Å². The fourth-order valence-electron chi connectivity index (χ4n) is 2.68. The lowest BCUT2D eigenvalue weighted by Gasteiger charge is -2.08. The largest absolute Gasteiger partial charge is 0.493 e. The van der Waals surface area contributed by atoms with Gasteiger partial charge in [0.2, 0.25) is 10.1 Å². The van der Waals surface area contributed by atoms with E-state index < -0.39 is 0 Å². The molecule has 0 saturated heterocycles. The summed E-state index contributed by atoms with van der Waals surface area (Å²) in [6, 6.07) is 12.3. The van der Waals surface area contributed by atoms with Crippen molar-refractivity contribution in [3.8, 4) is 28.6 Å². The number of methoxy groups -OCH3 is 2. The molecule has 9 nitrogen and oxygen atoms in total. The highest BCUT2D eigenvalue weighted by molar-refractivity contribution is 7.20. The van der Waals surface area contributed by atoms with Gasteiger partial charge in [-0.25, -0.2) is 0 Å². The number of nitrogens with one attached hydrogen (secondary N) is 1. The Labute approximate surface area is 180 Å². The van der Waals surface area contributed by atoms with E-state index in [1.807, 2.05) is 6.07 Å². The van der Waals surface area contributed by atoms with Crippen molar-refractivity contribution in [3.05, 3.63) is 47.5 Å². The molecule has 0 spiro atoms. The van der Waals surface area contributed by atoms with Crippen molar-refractivity contribution in [3.63, 3.8) is 0 Å². The monoisotopic (exact) mass is 445 g/mol. The maximum Gasteiger partial charge on any atom is 0.264 e. The summed E-state index contributed by atoms with van der Waals surface area (Å²) in [6.45, 7) is -0.202. The SMILES string of the molecule is COc1ccc(-c2nnc3sc(NC(=O)COc4ccccc4Cl)nn23)cc1OC. The molecule has 30 heavy (non-hydrogen) atoms. The number of carbonyl (C=O) groups excluding carboxylic acids is 1. The highest BCUT2D eigenvalue weighted by Gasteiger charge is 2.17. The Morgan fingerprint density at radius 1 is 1.10 bits per heavy atom. The van der Waals surface area contributed by atoms with Gasteiger partial charge in [-0.15, -0.1) is 15.3 Å². The summed E-state index contributed by atoms with van der Waals surface area (Å²) in [4.78, 5) is 12.7. The van der Waals surface area contributed by atoms with Gasteiger partial charge in [0.05, 0.1) is 19.2 Å². The third-order valence-electron chi connectivity index (χ3n) is 4.07. The highest BCUT2D eigenvalue weighted by Crippen LogP contribution is 2.32. The van der Waals surface area contributed by atoms with E-state index in [0.717, 1.165) is 5.56 Å². The number of fused-ring (bicyclic) bond motifs is 1. The fourth-order valence-corrected chi connectivity index (χ4v) is 3.63. The number of halogens is 1. The molecule has 4 rings (SSSR count). The molecule has 0 aliphatic rings. The minimum atomic E-state index is -0.368. The van der Waals surface area contributed by atoms with Crippen molar-refractivity contribution >= 4 is 38.9 Å². The Balaban J connectivity index is 1.50. The molecule has 11 heteroatoms. The van der Waals surface area contributed by atoms with Crippen LogP contribution in [0.3, 0.4) is 0 Å². The molecule has 1 amide bonds. The Morgan fingerprint density at radius 3 is 2.67 bits per heavy atom. The summed E-state index contributed by atoms with van der Waals surface area (Å²) in [5.74, 6) is 1.74. The van der Waals surface area contributed by atoms with E-state index in [-0.39, 0.29) is 12.5 Å². The Hall–Kier alpha value is -3.37. The van der Waals surface area contributed by atoms with Crippen molar-refractivity contribution in [2.24, 2.45) is 0 Å². The van der Waals surface area contributed by atoms with Crippen LogP contribution in [0.2, 0.25) is 5.02 Å². The average molecular weight is 446 g/mol. The molecule has 0 fully saturated rings. The number of benzene rings is 2. The molecule has 0 aliphatic carbocycles. The molecule has 2 heterocycles. The number of nitrogens with zero attached hydrogens (tertiary/aromatic N) is 4. The lowest BCUT2D eigenvalue weighted by molar-refractivity contribution is -0.118. The fraction of sp³-hybridized carbons (Fsp3) is 0.158. The third kappa shape index (κ3) is 4.00. The maximum atomic E-state index is 12.2. The number of rotatable bonds is 7. The summed E-state index contributed by atoms with van der Waals surface area (Å²) < 4.78 is 17.6. The van der Waals surface area contributed by atoms with Gasteiger partial charge in [-0.05, 0) is 30.3 Å². The molecule has 0 saturated carbocycles. The van der Waals surface area contributed by atoms with E-state index in [1.54, 1.807) is 55.1 Å². The maximum absolute atomic E-state index is 12.2. The summed E-state index contributed by atoms with van der Waals surface area (Å²) in [6.07, 6.45) is 0. The van der Waals surface area contributed by atoms with Crippen molar-refractivity contribution in [1.29, 1.82) is 0 Å². The number of aromatic nitrogens is 4. The van der Waals surface area contributed by atoms with E-state index in [2.05, 4.69) is 20.6 Å². The Bertz CT molecular complexity index is 1210. The van der Waals surface area contributed by atoms with Crippen LogP contribution in [0, 0.1) is 0 Å². The molecule has 2 aromatic carbocycles. The first-order chi connectivity index (χ1) is 14.6. The second-order valence-electron chi connectivity index (χ2n) is 5.96. The normalized spacial score (nSPS) is 10.8. The Kier molecular flexibility index (Phi) is 5.68. The molecule has 4 aromatic rings. The van der Waals surface area contributed by atoms with Crippen LogP contribution < -0.4 is 19.5 Å². The van der Waals surface area contributed by atoms with Crippen LogP contribution >= 0.6 is 22.9 Å². The summed E-state index contributed by atoms with van der Waals surface area (Å²) in [7, 11) is 3.12. The molecule has 154 valence electrons. The van der Waals surface area contributed by atoms with Gasteiger partial charge in [-0.1, -0.05) is 35.1 Å². The number of hydrogen-bond donors (Lipinski definition) is 1. The van der Waals surface area contributed by atoms with Gasteiger partial charge < -0.3 is 14.2 Å². The molecule has 0 unspecified atom stereocenters. The lowest BCUT2D eigenvalue weighted by Crippen LogP contribution is -2.20. The van der Waals surface area contributed by atoms with Crippen LogP contribution in [-0.4, -0.2) is 46.5 Å². The van der Waals surface area contributed by atoms with Crippen LogP contribution in [0.25, 0.3) is 16.3 Å². The van der Waals surface area contributed by atoms with Gasteiger partial charge in [0.15, 0.2) is 23.9 Å². The van der Waals surface area contributed by atoms with E-state index >= 15 is 0 Å². The first-order valence-corrected chi connectivity index (χ1v) is 9.90. The summed E-state index contributed by atoms with van der Waals surface area (Å²) >= 11 is 7.21. The smallest absolute Gasteiger partial charge is 0.264 e. The first kappa shape index (κ1) is 19.9. The zero-order chi connectivity index (χ0) is 21.1. The average Bonchev–Trinajstić information content (AvgIpc) is 3.32. The number of amides is 1. The molecule has 0 aliphatic heterocycles. The van der Waals surface area contributed by atoms with Crippen molar-refractivity contribution in [2.45, 2.75) is 0 Å². The number of para-hydroxylation sites is 1. The van der Waals surface area contributed by atoms with E-state index in [0.29, 0.717) is 38.2 Å². The zero-order valence-electron chi connectivity index (χ0n) is 16.0. The van der Waals surface area contributed by atoms with Crippen LogP contribution in [0.4, 0.5) is 5.13 Å². The van der Waals surface area contributed by atoms with Gasteiger partial charge in [-0.3, -0.25) is 10.1 Å². The van der Waals surface area contributed by atoms with Crippen molar-refractivity contribution in [2.75, 3.05) is 26.1 Å².